The van der Waals surface area contributed by atoms with Crippen LogP contribution in [0.3, 0.4) is 0 Å². The van der Waals surface area contributed by atoms with Crippen molar-refractivity contribution in [3.63, 3.8) is 0 Å². The van der Waals surface area contributed by atoms with Crippen LogP contribution in [0.5, 0.6) is 0 Å². The van der Waals surface area contributed by atoms with Gasteiger partial charge in [-0.25, -0.2) is 4.98 Å². The van der Waals surface area contributed by atoms with Crippen molar-refractivity contribution in [2.24, 2.45) is 0 Å². The highest BCUT2D eigenvalue weighted by Gasteiger charge is 2.24. The van der Waals surface area contributed by atoms with Crippen LogP contribution in [0.15, 0.2) is 28.7 Å². The Morgan fingerprint density at radius 3 is 2.25 bits per heavy atom. The first-order valence-electron chi connectivity index (χ1n) is 8.34. The molecule has 1 amide bonds. The summed E-state index contributed by atoms with van der Waals surface area (Å²) in [7, 11) is 0. The second-order valence-electron chi connectivity index (χ2n) is 8.30. The van der Waals surface area contributed by atoms with Crippen LogP contribution in [-0.2, 0) is 22.0 Å². The Balaban J connectivity index is 2.17. The first-order chi connectivity index (χ1) is 11.0. The molecule has 0 radical (unpaired) electrons. The maximum Gasteiger partial charge on any atom is 0.232 e. The summed E-state index contributed by atoms with van der Waals surface area (Å²) in [5.74, 6) is 1.20. The largest absolute Gasteiger partial charge is 0.444 e. The summed E-state index contributed by atoms with van der Waals surface area (Å²) in [6, 6.07) is 7.91. The van der Waals surface area contributed by atoms with Crippen LogP contribution in [0.4, 0.5) is 5.69 Å². The molecule has 1 aromatic carbocycles. The van der Waals surface area contributed by atoms with Gasteiger partial charge in [0, 0.05) is 11.1 Å². The monoisotopic (exact) mass is 328 g/mol. The topological polar surface area (TPSA) is 55.1 Å². The Kier molecular flexibility index (Phi) is 4.88. The Labute approximate surface area is 144 Å². The zero-order valence-electron chi connectivity index (χ0n) is 15.8. The molecule has 2 aromatic rings. The molecule has 0 atom stereocenters. The van der Waals surface area contributed by atoms with E-state index >= 15 is 0 Å². The van der Waals surface area contributed by atoms with Crippen molar-refractivity contribution >= 4 is 11.6 Å². The van der Waals surface area contributed by atoms with Crippen LogP contribution in [0.2, 0.25) is 0 Å². The number of amides is 1. The van der Waals surface area contributed by atoms with Gasteiger partial charge in [0.2, 0.25) is 5.91 Å². The third kappa shape index (κ3) is 4.25. The molecular formula is C20H28N2O2. The number of benzene rings is 1. The third-order valence-corrected chi connectivity index (χ3v) is 3.86. The van der Waals surface area contributed by atoms with Crippen molar-refractivity contribution in [1.82, 2.24) is 4.98 Å². The van der Waals surface area contributed by atoms with Gasteiger partial charge in [0.1, 0.15) is 5.76 Å². The van der Waals surface area contributed by atoms with Crippen LogP contribution in [0.25, 0.3) is 0 Å². The fraction of sp³-hybridized carbons (Fsp3) is 0.500. The fourth-order valence-electron chi connectivity index (χ4n) is 2.50. The van der Waals surface area contributed by atoms with E-state index in [2.05, 4.69) is 31.1 Å². The number of hydrogen-bond acceptors (Lipinski definition) is 3. The molecule has 0 saturated heterocycles. The van der Waals surface area contributed by atoms with Crippen LogP contribution in [0.1, 0.15) is 64.5 Å². The van der Waals surface area contributed by atoms with Crippen LogP contribution in [0, 0.1) is 6.92 Å². The molecule has 130 valence electrons. The number of anilines is 1. The highest BCUT2D eigenvalue weighted by Crippen LogP contribution is 2.29. The molecule has 1 aromatic heterocycles. The van der Waals surface area contributed by atoms with Crippen molar-refractivity contribution in [3.8, 4) is 0 Å². The van der Waals surface area contributed by atoms with Gasteiger partial charge in [-0.05, 0) is 24.0 Å². The molecule has 0 aliphatic rings. The molecule has 4 heteroatoms. The van der Waals surface area contributed by atoms with Gasteiger partial charge in [0.25, 0.3) is 0 Å². The molecule has 0 spiro atoms. The molecule has 4 nitrogen and oxygen atoms in total. The molecule has 1 heterocycles. The third-order valence-electron chi connectivity index (χ3n) is 3.86. The molecule has 0 bridgehead atoms. The summed E-state index contributed by atoms with van der Waals surface area (Å²) >= 11 is 0. The van der Waals surface area contributed by atoms with Gasteiger partial charge < -0.3 is 9.73 Å². The van der Waals surface area contributed by atoms with E-state index in [1.54, 1.807) is 0 Å². The lowest BCUT2D eigenvalue weighted by Crippen LogP contribution is -2.20. The van der Waals surface area contributed by atoms with Crippen LogP contribution < -0.4 is 5.32 Å². The predicted molar refractivity (Wildman–Crippen MR) is 97.4 cm³/mol. The number of rotatable bonds is 3. The van der Waals surface area contributed by atoms with Crippen molar-refractivity contribution in [3.05, 3.63) is 47.2 Å². The number of nitrogens with one attached hydrogen (secondary N) is 1. The van der Waals surface area contributed by atoms with Gasteiger partial charge in [-0.3, -0.25) is 4.79 Å². The number of carbonyl (C=O) groups excluding carboxylic acids is 1. The van der Waals surface area contributed by atoms with Crippen molar-refractivity contribution < 1.29 is 9.21 Å². The average molecular weight is 328 g/mol. The number of nitrogens with zero attached hydrogens (tertiary/aromatic N) is 1. The second-order valence-corrected chi connectivity index (χ2v) is 8.30. The predicted octanol–water partition coefficient (Wildman–Crippen LogP) is 4.76. The molecule has 0 unspecified atom stereocenters. The van der Waals surface area contributed by atoms with Crippen LogP contribution >= 0.6 is 0 Å². The Morgan fingerprint density at radius 2 is 1.71 bits per heavy atom. The molecule has 0 fully saturated rings. The van der Waals surface area contributed by atoms with E-state index in [1.165, 1.54) is 0 Å². The molecule has 2 rings (SSSR count). The highest BCUT2D eigenvalue weighted by molar-refractivity contribution is 5.93. The van der Waals surface area contributed by atoms with E-state index in [-0.39, 0.29) is 23.2 Å². The molecule has 1 N–H and O–H groups in total. The van der Waals surface area contributed by atoms with Gasteiger partial charge >= 0.3 is 0 Å². The van der Waals surface area contributed by atoms with Crippen LogP contribution in [-0.4, -0.2) is 10.9 Å². The highest BCUT2D eigenvalue weighted by atomic mass is 16.4. The molecule has 0 aliphatic carbocycles. The lowest BCUT2D eigenvalue weighted by molar-refractivity contribution is -0.115. The van der Waals surface area contributed by atoms with E-state index in [4.69, 9.17) is 4.42 Å². The number of para-hydroxylation sites is 1. The van der Waals surface area contributed by atoms with E-state index in [0.717, 1.165) is 16.9 Å². The maximum atomic E-state index is 12.5. The second kappa shape index (κ2) is 6.42. The number of carbonyl (C=O) groups is 1. The summed E-state index contributed by atoms with van der Waals surface area (Å²) < 4.78 is 5.81. The zero-order valence-corrected chi connectivity index (χ0v) is 15.8. The summed E-state index contributed by atoms with van der Waals surface area (Å²) in [6.07, 6.45) is 0.188. The molecule has 0 saturated carbocycles. The SMILES string of the molecule is Cc1nc(C(C)(C)C)oc1CC(=O)Nc1ccccc1C(C)(C)C. The summed E-state index contributed by atoms with van der Waals surface area (Å²) in [6.45, 7) is 14.4. The van der Waals surface area contributed by atoms with Gasteiger partial charge in [-0.1, -0.05) is 59.7 Å². The molecule has 0 aliphatic heterocycles. The minimum absolute atomic E-state index is 0.0363. The summed E-state index contributed by atoms with van der Waals surface area (Å²) in [5, 5.41) is 3.01. The summed E-state index contributed by atoms with van der Waals surface area (Å²) in [4.78, 5) is 16.9. The number of aryl methyl sites for hydroxylation is 1. The summed E-state index contributed by atoms with van der Waals surface area (Å²) in [5.41, 5.74) is 2.54. The number of hydrogen-bond donors (Lipinski definition) is 1. The lowest BCUT2D eigenvalue weighted by atomic mass is 9.86. The van der Waals surface area contributed by atoms with Crippen molar-refractivity contribution in [1.29, 1.82) is 0 Å². The molecule has 24 heavy (non-hydrogen) atoms. The quantitative estimate of drug-likeness (QED) is 0.884. The standard InChI is InChI=1S/C20H28N2O2/c1-13-16(24-18(21-13)20(5,6)7)12-17(23)22-15-11-9-8-10-14(15)19(2,3)4/h8-11H,12H2,1-7H3,(H,22,23). The smallest absolute Gasteiger partial charge is 0.232 e. The van der Waals surface area contributed by atoms with E-state index < -0.39 is 0 Å². The van der Waals surface area contributed by atoms with Gasteiger partial charge in [0.15, 0.2) is 5.89 Å². The number of aromatic nitrogens is 1. The van der Waals surface area contributed by atoms with E-state index in [1.807, 2.05) is 52.0 Å². The van der Waals surface area contributed by atoms with E-state index in [0.29, 0.717) is 11.7 Å². The minimum Gasteiger partial charge on any atom is -0.444 e. The average Bonchev–Trinajstić information content (AvgIpc) is 2.79. The minimum atomic E-state index is -0.168. The zero-order chi connectivity index (χ0) is 18.1. The van der Waals surface area contributed by atoms with Crippen molar-refractivity contribution in [2.75, 3.05) is 5.32 Å². The first-order valence-corrected chi connectivity index (χ1v) is 8.34. The Hall–Kier alpha value is -2.10. The van der Waals surface area contributed by atoms with Crippen molar-refractivity contribution in [2.45, 2.75) is 65.7 Å². The fourth-order valence-corrected chi connectivity index (χ4v) is 2.50. The molecular weight excluding hydrogens is 300 g/mol. The number of oxazole rings is 1. The normalized spacial score (nSPS) is 12.3. The Morgan fingerprint density at radius 1 is 1.08 bits per heavy atom. The van der Waals surface area contributed by atoms with Gasteiger partial charge in [0.05, 0.1) is 12.1 Å². The van der Waals surface area contributed by atoms with Gasteiger partial charge in [-0.15, -0.1) is 0 Å². The van der Waals surface area contributed by atoms with E-state index in [9.17, 15) is 4.79 Å². The Bertz CT molecular complexity index is 731. The lowest BCUT2D eigenvalue weighted by Gasteiger charge is -2.22. The van der Waals surface area contributed by atoms with Gasteiger partial charge in [-0.2, -0.15) is 0 Å². The first kappa shape index (κ1) is 18.2. The maximum absolute atomic E-state index is 12.5.